The molecule has 1 amide bonds. The van der Waals surface area contributed by atoms with E-state index in [0.717, 1.165) is 6.54 Å². The van der Waals surface area contributed by atoms with Gasteiger partial charge in [-0.1, -0.05) is 20.8 Å². The molecule has 100 valence electrons. The molecule has 0 radical (unpaired) electrons. The lowest BCUT2D eigenvalue weighted by molar-refractivity contribution is -0.127. The van der Waals surface area contributed by atoms with Gasteiger partial charge in [0.1, 0.15) is 0 Å². The van der Waals surface area contributed by atoms with E-state index < -0.39 is 8.32 Å². The number of hydrogen-bond donors (Lipinski definition) is 0. The van der Waals surface area contributed by atoms with Crippen LogP contribution in [-0.2, 0) is 9.22 Å². The quantitative estimate of drug-likeness (QED) is 0.572. The van der Waals surface area contributed by atoms with Crippen LogP contribution in [0.4, 0.5) is 0 Å². The molecule has 3 nitrogen and oxygen atoms in total. The summed E-state index contributed by atoms with van der Waals surface area (Å²) in [4.78, 5) is 13.7. The molecule has 1 aliphatic rings. The molecule has 2 unspecified atom stereocenters. The molecule has 0 N–H and O–H groups in total. The highest BCUT2D eigenvalue weighted by molar-refractivity contribution is 6.74. The minimum atomic E-state index is -1.74. The Balaban J connectivity index is 2.44. The maximum absolute atomic E-state index is 11.8. The van der Waals surface area contributed by atoms with Crippen molar-refractivity contribution in [3.8, 4) is 0 Å². The second-order valence-electron chi connectivity index (χ2n) is 6.79. The van der Waals surface area contributed by atoms with E-state index in [2.05, 4.69) is 40.8 Å². The molecule has 0 saturated carbocycles. The average molecular weight is 257 g/mol. The summed E-state index contributed by atoms with van der Waals surface area (Å²) < 4.78 is 6.18. The van der Waals surface area contributed by atoms with Crippen LogP contribution in [0, 0.1) is 0 Å². The van der Waals surface area contributed by atoms with Crippen molar-refractivity contribution in [3.63, 3.8) is 0 Å². The van der Waals surface area contributed by atoms with Gasteiger partial charge in [-0.15, -0.1) is 0 Å². The zero-order valence-electron chi connectivity index (χ0n) is 12.3. The van der Waals surface area contributed by atoms with Gasteiger partial charge in [0.2, 0.25) is 5.91 Å². The summed E-state index contributed by atoms with van der Waals surface area (Å²) in [6.07, 6.45) is 0.563. The Morgan fingerprint density at radius 1 is 1.47 bits per heavy atom. The molecule has 2 atom stereocenters. The van der Waals surface area contributed by atoms with E-state index in [9.17, 15) is 4.79 Å². The standard InChI is InChI=1S/C13H27NO2Si/c1-10-9-14(10)12(15)8-11(2)16-17(6,7)13(3,4)5/h10-11H,8-9H2,1-7H3. The Morgan fingerprint density at radius 3 is 2.29 bits per heavy atom. The second-order valence-corrected chi connectivity index (χ2v) is 11.5. The van der Waals surface area contributed by atoms with E-state index in [1.807, 2.05) is 11.8 Å². The lowest BCUT2D eigenvalue weighted by Crippen LogP contribution is -2.44. The fraction of sp³-hybridized carbons (Fsp3) is 0.923. The molecule has 1 saturated heterocycles. The van der Waals surface area contributed by atoms with Crippen LogP contribution in [0.2, 0.25) is 18.1 Å². The lowest BCUT2D eigenvalue weighted by Gasteiger charge is -2.38. The van der Waals surface area contributed by atoms with Crippen molar-refractivity contribution in [2.45, 2.75) is 71.3 Å². The summed E-state index contributed by atoms with van der Waals surface area (Å²) in [7, 11) is -1.74. The molecule has 1 aliphatic heterocycles. The molecular weight excluding hydrogens is 230 g/mol. The molecule has 1 rings (SSSR count). The highest BCUT2D eigenvalue weighted by Crippen LogP contribution is 2.37. The van der Waals surface area contributed by atoms with Crippen molar-refractivity contribution in [2.24, 2.45) is 0 Å². The summed E-state index contributed by atoms with van der Waals surface area (Å²) in [5, 5.41) is 0.206. The maximum Gasteiger partial charge on any atom is 0.225 e. The summed E-state index contributed by atoms with van der Waals surface area (Å²) in [5.41, 5.74) is 0. The van der Waals surface area contributed by atoms with Crippen LogP contribution in [0.3, 0.4) is 0 Å². The maximum atomic E-state index is 11.8. The van der Waals surface area contributed by atoms with Crippen LogP contribution in [0.1, 0.15) is 41.0 Å². The van der Waals surface area contributed by atoms with E-state index in [1.54, 1.807) is 0 Å². The third-order valence-electron chi connectivity index (χ3n) is 3.94. The van der Waals surface area contributed by atoms with Gasteiger partial charge in [0.05, 0.1) is 12.5 Å². The fourth-order valence-corrected chi connectivity index (χ4v) is 3.11. The van der Waals surface area contributed by atoms with Gasteiger partial charge in [0.15, 0.2) is 8.32 Å². The van der Waals surface area contributed by atoms with Gasteiger partial charge in [0.25, 0.3) is 0 Å². The highest BCUT2D eigenvalue weighted by Gasteiger charge is 2.40. The summed E-state index contributed by atoms with van der Waals surface area (Å²) in [6.45, 7) is 16.2. The summed E-state index contributed by atoms with van der Waals surface area (Å²) >= 11 is 0. The van der Waals surface area contributed by atoms with Crippen LogP contribution in [0.15, 0.2) is 0 Å². The Kier molecular flexibility index (Phi) is 4.09. The smallest absolute Gasteiger partial charge is 0.225 e. The molecule has 4 heteroatoms. The van der Waals surface area contributed by atoms with Crippen molar-refractivity contribution in [1.82, 2.24) is 4.90 Å². The first-order valence-electron chi connectivity index (χ1n) is 6.52. The molecule has 0 bridgehead atoms. The molecule has 0 aromatic heterocycles. The minimum Gasteiger partial charge on any atom is -0.414 e. The predicted octanol–water partition coefficient (Wildman–Crippen LogP) is 3.02. The number of carbonyl (C=O) groups is 1. The summed E-state index contributed by atoms with van der Waals surface area (Å²) in [5.74, 6) is 0.240. The van der Waals surface area contributed by atoms with Crippen LogP contribution in [0.5, 0.6) is 0 Å². The van der Waals surface area contributed by atoms with Gasteiger partial charge < -0.3 is 9.33 Å². The SMILES string of the molecule is CC(CC(=O)N1CC1C)O[Si](C)(C)C(C)(C)C. The zero-order chi connectivity index (χ0) is 13.4. The Bertz CT molecular complexity index is 296. The topological polar surface area (TPSA) is 29.3 Å². The number of nitrogens with zero attached hydrogens (tertiary/aromatic N) is 1. The largest absolute Gasteiger partial charge is 0.414 e. The van der Waals surface area contributed by atoms with Crippen molar-refractivity contribution in [3.05, 3.63) is 0 Å². The molecule has 0 aliphatic carbocycles. The number of rotatable bonds is 4. The molecule has 1 fully saturated rings. The van der Waals surface area contributed by atoms with Crippen LogP contribution in [-0.4, -0.2) is 37.8 Å². The zero-order valence-corrected chi connectivity index (χ0v) is 13.3. The fourth-order valence-electron chi connectivity index (χ4n) is 1.67. The van der Waals surface area contributed by atoms with Crippen LogP contribution >= 0.6 is 0 Å². The molecule has 1 heterocycles. The van der Waals surface area contributed by atoms with Crippen LogP contribution in [0.25, 0.3) is 0 Å². The molecule has 0 aromatic carbocycles. The van der Waals surface area contributed by atoms with Gasteiger partial charge in [-0.05, 0) is 32.0 Å². The first kappa shape index (κ1) is 14.7. The van der Waals surface area contributed by atoms with Crippen molar-refractivity contribution in [2.75, 3.05) is 6.54 Å². The third-order valence-corrected chi connectivity index (χ3v) is 8.55. The monoisotopic (exact) mass is 257 g/mol. The minimum absolute atomic E-state index is 0.0381. The van der Waals surface area contributed by atoms with Gasteiger partial charge in [-0.2, -0.15) is 0 Å². The van der Waals surface area contributed by atoms with E-state index in [1.165, 1.54) is 0 Å². The van der Waals surface area contributed by atoms with Crippen molar-refractivity contribution < 1.29 is 9.22 Å². The predicted molar refractivity (Wildman–Crippen MR) is 73.5 cm³/mol. The van der Waals surface area contributed by atoms with E-state index in [4.69, 9.17) is 4.43 Å². The molecular formula is C13H27NO2Si. The van der Waals surface area contributed by atoms with Crippen molar-refractivity contribution in [1.29, 1.82) is 0 Å². The molecule has 0 spiro atoms. The van der Waals surface area contributed by atoms with Gasteiger partial charge in [-0.25, -0.2) is 0 Å². The second kappa shape index (κ2) is 4.73. The Labute approximate surface area is 107 Å². The number of carbonyl (C=O) groups excluding carboxylic acids is 1. The molecule has 17 heavy (non-hydrogen) atoms. The lowest BCUT2D eigenvalue weighted by atomic mass is 10.2. The first-order valence-corrected chi connectivity index (χ1v) is 9.42. The summed E-state index contributed by atoms with van der Waals surface area (Å²) in [6, 6.07) is 0.447. The van der Waals surface area contributed by atoms with Gasteiger partial charge in [0, 0.05) is 12.6 Å². The number of hydrogen-bond acceptors (Lipinski definition) is 2. The molecule has 0 aromatic rings. The van der Waals surface area contributed by atoms with E-state index in [-0.39, 0.29) is 17.0 Å². The highest BCUT2D eigenvalue weighted by atomic mass is 28.4. The van der Waals surface area contributed by atoms with Gasteiger partial charge >= 0.3 is 0 Å². The van der Waals surface area contributed by atoms with Crippen molar-refractivity contribution >= 4 is 14.2 Å². The van der Waals surface area contributed by atoms with Gasteiger partial charge in [-0.3, -0.25) is 4.79 Å². The number of amides is 1. The average Bonchev–Trinajstić information content (AvgIpc) is 2.78. The Morgan fingerprint density at radius 2 is 1.94 bits per heavy atom. The van der Waals surface area contributed by atoms with E-state index in [0.29, 0.717) is 12.5 Å². The Hall–Kier alpha value is -0.353. The van der Waals surface area contributed by atoms with E-state index >= 15 is 0 Å². The van der Waals surface area contributed by atoms with Crippen LogP contribution < -0.4 is 0 Å². The normalized spacial score (nSPS) is 22.5. The third kappa shape index (κ3) is 3.81. The first-order chi connectivity index (χ1) is 7.54.